The summed E-state index contributed by atoms with van der Waals surface area (Å²) in [6, 6.07) is 6.95. The van der Waals surface area contributed by atoms with Gasteiger partial charge in [0.15, 0.2) is 0 Å². The molecule has 0 unspecified atom stereocenters. The Kier molecular flexibility index (Phi) is 3.36. The van der Waals surface area contributed by atoms with Crippen molar-refractivity contribution in [3.05, 3.63) is 51.5 Å². The van der Waals surface area contributed by atoms with Gasteiger partial charge >= 0.3 is 0 Å². The lowest BCUT2D eigenvalue weighted by atomic mass is 10.1. The van der Waals surface area contributed by atoms with E-state index in [-0.39, 0.29) is 11.8 Å². The molecule has 0 atom stereocenters. The molecular weight excluding hydrogens is 272 g/mol. The highest BCUT2D eigenvalue weighted by atomic mass is 32.1. The van der Waals surface area contributed by atoms with E-state index in [9.17, 15) is 9.59 Å². The van der Waals surface area contributed by atoms with Crippen LogP contribution in [0.2, 0.25) is 0 Å². The highest BCUT2D eigenvalue weighted by Gasteiger charge is 2.35. The van der Waals surface area contributed by atoms with E-state index < -0.39 is 0 Å². The highest BCUT2D eigenvalue weighted by molar-refractivity contribution is 7.11. The first-order valence-corrected chi connectivity index (χ1v) is 7.41. The van der Waals surface area contributed by atoms with Gasteiger partial charge in [-0.05, 0) is 25.0 Å². The molecule has 3 rings (SSSR count). The second-order valence-corrected chi connectivity index (χ2v) is 5.91. The molecular formula is C15H14N2O2S. The second-order valence-electron chi connectivity index (χ2n) is 4.71. The summed E-state index contributed by atoms with van der Waals surface area (Å²) < 4.78 is 0. The van der Waals surface area contributed by atoms with Crippen molar-refractivity contribution in [2.75, 3.05) is 0 Å². The minimum absolute atomic E-state index is 0.212. The van der Waals surface area contributed by atoms with Gasteiger partial charge < -0.3 is 0 Å². The average molecular weight is 286 g/mol. The Hall–Kier alpha value is -2.01. The van der Waals surface area contributed by atoms with E-state index in [1.807, 2.05) is 0 Å². The predicted molar refractivity (Wildman–Crippen MR) is 76.8 cm³/mol. The van der Waals surface area contributed by atoms with Gasteiger partial charge in [-0.3, -0.25) is 14.5 Å². The summed E-state index contributed by atoms with van der Waals surface area (Å²) >= 11 is 1.57. The predicted octanol–water partition coefficient (Wildman–Crippen LogP) is 2.89. The Morgan fingerprint density at radius 1 is 1.15 bits per heavy atom. The molecule has 5 heteroatoms. The number of amides is 2. The second kappa shape index (κ2) is 5.17. The normalized spacial score (nSPS) is 13.9. The number of aryl methyl sites for hydroxylation is 1. The molecule has 0 aliphatic carbocycles. The van der Waals surface area contributed by atoms with Crippen LogP contribution in [0.4, 0.5) is 0 Å². The minimum Gasteiger partial charge on any atom is -0.269 e. The van der Waals surface area contributed by atoms with Gasteiger partial charge in [-0.1, -0.05) is 19.1 Å². The Balaban J connectivity index is 1.82. The zero-order chi connectivity index (χ0) is 14.1. The largest absolute Gasteiger partial charge is 0.269 e. The molecule has 0 saturated heterocycles. The van der Waals surface area contributed by atoms with E-state index in [2.05, 4.69) is 11.9 Å². The molecule has 0 N–H and O–H groups in total. The molecule has 20 heavy (non-hydrogen) atoms. The smallest absolute Gasteiger partial charge is 0.261 e. The van der Waals surface area contributed by atoms with E-state index >= 15 is 0 Å². The lowest BCUT2D eigenvalue weighted by Gasteiger charge is -2.11. The minimum atomic E-state index is -0.212. The van der Waals surface area contributed by atoms with E-state index in [0.717, 1.165) is 22.7 Å². The van der Waals surface area contributed by atoms with Crippen molar-refractivity contribution in [1.82, 2.24) is 9.88 Å². The molecule has 0 fully saturated rings. The Labute approximate surface area is 121 Å². The zero-order valence-corrected chi connectivity index (χ0v) is 11.9. The van der Waals surface area contributed by atoms with Gasteiger partial charge in [0.1, 0.15) is 0 Å². The third-order valence-electron chi connectivity index (χ3n) is 3.26. The van der Waals surface area contributed by atoms with Crippen molar-refractivity contribution in [3.8, 4) is 0 Å². The number of carbonyl (C=O) groups excluding carboxylic acids is 2. The molecule has 0 saturated carbocycles. The van der Waals surface area contributed by atoms with E-state index in [4.69, 9.17) is 0 Å². The van der Waals surface area contributed by atoms with Gasteiger partial charge in [0.2, 0.25) is 0 Å². The van der Waals surface area contributed by atoms with Crippen LogP contribution in [0.15, 0.2) is 30.5 Å². The summed E-state index contributed by atoms with van der Waals surface area (Å²) in [7, 11) is 0. The van der Waals surface area contributed by atoms with Crippen LogP contribution in [-0.2, 0) is 13.0 Å². The van der Waals surface area contributed by atoms with Crippen molar-refractivity contribution in [1.29, 1.82) is 0 Å². The van der Waals surface area contributed by atoms with Crippen LogP contribution in [0.5, 0.6) is 0 Å². The van der Waals surface area contributed by atoms with Crippen molar-refractivity contribution in [2.24, 2.45) is 0 Å². The summed E-state index contributed by atoms with van der Waals surface area (Å²) in [4.78, 5) is 31.0. The molecule has 2 heterocycles. The van der Waals surface area contributed by atoms with Crippen molar-refractivity contribution in [2.45, 2.75) is 26.3 Å². The Bertz CT molecular complexity index is 643. The summed E-state index contributed by atoms with van der Waals surface area (Å²) in [5.74, 6) is -0.424. The molecule has 1 aromatic heterocycles. The number of hydrogen-bond donors (Lipinski definition) is 0. The first-order chi connectivity index (χ1) is 9.70. The van der Waals surface area contributed by atoms with Gasteiger partial charge in [0.05, 0.1) is 22.7 Å². The van der Waals surface area contributed by atoms with E-state index in [1.165, 1.54) is 4.90 Å². The van der Waals surface area contributed by atoms with Gasteiger partial charge in [-0.2, -0.15) is 0 Å². The topological polar surface area (TPSA) is 50.3 Å². The number of carbonyl (C=O) groups is 2. The van der Waals surface area contributed by atoms with Gasteiger partial charge in [-0.25, -0.2) is 4.98 Å². The number of imide groups is 1. The number of thiazole rings is 1. The Morgan fingerprint density at radius 3 is 2.40 bits per heavy atom. The molecule has 4 nitrogen and oxygen atoms in total. The fourth-order valence-corrected chi connectivity index (χ4v) is 3.30. The van der Waals surface area contributed by atoms with Gasteiger partial charge in [-0.15, -0.1) is 11.3 Å². The van der Waals surface area contributed by atoms with Crippen molar-refractivity contribution >= 4 is 23.2 Å². The third kappa shape index (κ3) is 2.14. The zero-order valence-electron chi connectivity index (χ0n) is 11.1. The summed E-state index contributed by atoms with van der Waals surface area (Å²) in [6.07, 6.45) is 3.74. The molecule has 0 spiro atoms. The first-order valence-electron chi connectivity index (χ1n) is 6.59. The van der Waals surface area contributed by atoms with Crippen LogP contribution in [-0.4, -0.2) is 21.7 Å². The number of fused-ring (bicyclic) bond motifs is 1. The van der Waals surface area contributed by atoms with Gasteiger partial charge in [0, 0.05) is 11.1 Å². The average Bonchev–Trinajstić information content (AvgIpc) is 2.99. The monoisotopic (exact) mass is 286 g/mol. The van der Waals surface area contributed by atoms with E-state index in [1.54, 1.807) is 41.8 Å². The number of hydrogen-bond acceptors (Lipinski definition) is 4. The number of rotatable bonds is 4. The maximum Gasteiger partial charge on any atom is 0.261 e. The fourth-order valence-electron chi connectivity index (χ4n) is 2.29. The summed E-state index contributed by atoms with van der Waals surface area (Å²) in [6.45, 7) is 2.42. The molecule has 1 aliphatic heterocycles. The van der Waals surface area contributed by atoms with Crippen molar-refractivity contribution < 1.29 is 9.59 Å². The number of nitrogens with zero attached hydrogens (tertiary/aromatic N) is 2. The first kappa shape index (κ1) is 13.0. The Morgan fingerprint density at radius 2 is 1.80 bits per heavy atom. The standard InChI is InChI=1S/C15H14N2O2S/c1-2-5-13-16-8-10(20-13)9-17-14(18)11-6-3-4-7-12(11)15(17)19/h3-4,6-8H,2,5,9H2,1H3. The number of aromatic nitrogens is 1. The lowest BCUT2D eigenvalue weighted by molar-refractivity contribution is 0.0644. The molecule has 102 valence electrons. The van der Waals surface area contributed by atoms with Crippen LogP contribution in [0.25, 0.3) is 0 Å². The summed E-state index contributed by atoms with van der Waals surface area (Å²) in [5, 5.41) is 1.05. The van der Waals surface area contributed by atoms with Crippen LogP contribution >= 0.6 is 11.3 Å². The molecule has 2 amide bonds. The van der Waals surface area contributed by atoms with E-state index in [0.29, 0.717) is 17.7 Å². The maximum absolute atomic E-state index is 12.2. The van der Waals surface area contributed by atoms with Crippen LogP contribution in [0.3, 0.4) is 0 Å². The quantitative estimate of drug-likeness (QED) is 0.812. The third-order valence-corrected chi connectivity index (χ3v) is 4.30. The molecule has 0 bridgehead atoms. The van der Waals surface area contributed by atoms with Crippen LogP contribution < -0.4 is 0 Å². The van der Waals surface area contributed by atoms with Crippen LogP contribution in [0.1, 0.15) is 43.9 Å². The fraction of sp³-hybridized carbons (Fsp3) is 0.267. The SMILES string of the molecule is CCCc1ncc(CN2C(=O)c3ccccc3C2=O)s1. The highest BCUT2D eigenvalue weighted by Crippen LogP contribution is 2.25. The molecule has 0 radical (unpaired) electrons. The maximum atomic E-state index is 12.2. The summed E-state index contributed by atoms with van der Waals surface area (Å²) in [5.41, 5.74) is 0.992. The molecule has 1 aromatic carbocycles. The van der Waals surface area contributed by atoms with Gasteiger partial charge in [0.25, 0.3) is 11.8 Å². The van der Waals surface area contributed by atoms with Crippen molar-refractivity contribution in [3.63, 3.8) is 0 Å². The van der Waals surface area contributed by atoms with Crippen LogP contribution in [0, 0.1) is 0 Å². The lowest BCUT2D eigenvalue weighted by Crippen LogP contribution is -2.28. The number of benzene rings is 1. The molecule has 1 aliphatic rings. The molecule has 2 aromatic rings.